The summed E-state index contributed by atoms with van der Waals surface area (Å²) in [6.45, 7) is 10.3. The third-order valence-electron chi connectivity index (χ3n) is 8.83. The van der Waals surface area contributed by atoms with Crippen molar-refractivity contribution >= 4 is 27.5 Å². The summed E-state index contributed by atoms with van der Waals surface area (Å²) in [5.74, 6) is 0.0446. The number of hydrogen-bond donors (Lipinski definition) is 1. The van der Waals surface area contributed by atoms with E-state index in [1.807, 2.05) is 43.9 Å². The number of benzene rings is 3. The average Bonchev–Trinajstić information content (AvgIpc) is 2.99. The molecule has 1 saturated heterocycles. The van der Waals surface area contributed by atoms with Crippen LogP contribution in [0, 0.1) is 0 Å². The van der Waals surface area contributed by atoms with Crippen molar-refractivity contribution in [3.8, 4) is 0 Å². The molecule has 44 heavy (non-hydrogen) atoms. The number of likely N-dealkylation sites (tertiary alicyclic amines) is 1. The van der Waals surface area contributed by atoms with Crippen molar-refractivity contribution < 1.29 is 17.9 Å². The van der Waals surface area contributed by atoms with Crippen LogP contribution in [-0.4, -0.2) is 68.5 Å². The van der Waals surface area contributed by atoms with Gasteiger partial charge in [-0.25, -0.2) is 13.2 Å². The maximum absolute atomic E-state index is 13.1. The van der Waals surface area contributed by atoms with Crippen LogP contribution in [-0.2, 0) is 26.5 Å². The molecule has 1 unspecified atom stereocenters. The molecule has 0 aromatic heterocycles. The maximum Gasteiger partial charge on any atom is 0.410 e. The molecule has 0 aliphatic carbocycles. The smallest absolute Gasteiger partial charge is 0.410 e. The molecule has 2 aliphatic heterocycles. The summed E-state index contributed by atoms with van der Waals surface area (Å²) in [7, 11) is -3.47. The number of sulfone groups is 1. The van der Waals surface area contributed by atoms with E-state index in [0.717, 1.165) is 38.9 Å². The van der Waals surface area contributed by atoms with Crippen molar-refractivity contribution in [2.24, 2.45) is 0 Å². The zero-order valence-electron chi connectivity index (χ0n) is 26.0. The molecule has 1 spiro atoms. The first kappa shape index (κ1) is 32.5. The third-order valence-corrected chi connectivity index (χ3v) is 10.7. The SMILES string of the molecule is CC(C)(C)OC(=O)N1Cc2ccccc2C2(CCN(CCC(CNCS(=O)(=O)c3ccc(Cl)cc3)c3ccccc3)CC2)C1. The van der Waals surface area contributed by atoms with Gasteiger partial charge in [0, 0.05) is 30.1 Å². The Kier molecular flexibility index (Phi) is 10.0. The molecule has 236 valence electrons. The normalized spacial score (nSPS) is 17.7. The van der Waals surface area contributed by atoms with Gasteiger partial charge in [0.1, 0.15) is 11.5 Å². The van der Waals surface area contributed by atoms with Gasteiger partial charge in [0.05, 0.1) is 4.90 Å². The van der Waals surface area contributed by atoms with Crippen molar-refractivity contribution in [2.45, 2.75) is 68.4 Å². The number of piperidine rings is 1. The second-order valence-electron chi connectivity index (χ2n) is 13.2. The van der Waals surface area contributed by atoms with Crippen molar-refractivity contribution in [1.82, 2.24) is 15.1 Å². The number of carbonyl (C=O) groups excluding carboxylic acids is 1. The van der Waals surface area contributed by atoms with Gasteiger partial charge in [-0.1, -0.05) is 66.2 Å². The van der Waals surface area contributed by atoms with E-state index in [9.17, 15) is 13.2 Å². The molecule has 5 rings (SSSR count). The quantitative estimate of drug-likeness (QED) is 0.284. The van der Waals surface area contributed by atoms with Crippen LogP contribution in [0.4, 0.5) is 4.79 Å². The molecule has 0 radical (unpaired) electrons. The van der Waals surface area contributed by atoms with Crippen LogP contribution in [0.15, 0.2) is 83.8 Å². The fraction of sp³-hybridized carbons (Fsp3) is 0.457. The number of rotatable bonds is 9. The van der Waals surface area contributed by atoms with Gasteiger partial charge in [0.2, 0.25) is 0 Å². The van der Waals surface area contributed by atoms with E-state index in [1.165, 1.54) is 16.7 Å². The van der Waals surface area contributed by atoms with Crippen molar-refractivity contribution in [3.05, 3.63) is 101 Å². The lowest BCUT2D eigenvalue weighted by Gasteiger charge is -2.48. The molecule has 2 heterocycles. The number of nitrogens with zero attached hydrogens (tertiary/aromatic N) is 2. The minimum atomic E-state index is -3.47. The van der Waals surface area contributed by atoms with Crippen LogP contribution < -0.4 is 5.32 Å². The molecule has 1 fully saturated rings. The van der Waals surface area contributed by atoms with E-state index in [2.05, 4.69) is 46.6 Å². The summed E-state index contributed by atoms with van der Waals surface area (Å²) >= 11 is 5.94. The third kappa shape index (κ3) is 8.02. The fourth-order valence-electron chi connectivity index (χ4n) is 6.52. The van der Waals surface area contributed by atoms with Gasteiger partial charge in [0.15, 0.2) is 9.84 Å². The molecule has 1 amide bonds. The van der Waals surface area contributed by atoms with Crippen LogP contribution in [0.5, 0.6) is 0 Å². The van der Waals surface area contributed by atoms with Gasteiger partial charge in [-0.3, -0.25) is 0 Å². The number of ether oxygens (including phenoxy) is 1. The standard InChI is InChI=1S/C35H44ClN3O4S/c1-34(2,3)43-33(40)39-24-29-11-7-8-12-32(29)35(25-39)18-21-38(22-19-35)20-17-28(27-9-5-4-6-10-27)23-37-26-44(41,42)31-15-13-30(36)14-16-31/h4-16,28,37H,17-26H2,1-3H3. The van der Waals surface area contributed by atoms with E-state index in [-0.39, 0.29) is 28.2 Å². The largest absolute Gasteiger partial charge is 0.444 e. The van der Waals surface area contributed by atoms with Gasteiger partial charge in [0.25, 0.3) is 0 Å². The summed E-state index contributed by atoms with van der Waals surface area (Å²) in [4.78, 5) is 17.8. The maximum atomic E-state index is 13.1. The van der Waals surface area contributed by atoms with Gasteiger partial charge < -0.3 is 19.9 Å². The number of amides is 1. The average molecular weight is 638 g/mol. The molecule has 2 aliphatic rings. The molecule has 0 saturated carbocycles. The van der Waals surface area contributed by atoms with Crippen LogP contribution in [0.1, 0.15) is 62.6 Å². The molecule has 9 heteroatoms. The van der Waals surface area contributed by atoms with Crippen LogP contribution in [0.25, 0.3) is 0 Å². The van der Waals surface area contributed by atoms with E-state index >= 15 is 0 Å². The minimum absolute atomic E-state index is 0.0847. The Morgan fingerprint density at radius 3 is 2.32 bits per heavy atom. The van der Waals surface area contributed by atoms with E-state index in [0.29, 0.717) is 24.7 Å². The summed E-state index contributed by atoms with van der Waals surface area (Å²) in [6, 6.07) is 25.2. The van der Waals surface area contributed by atoms with E-state index < -0.39 is 15.4 Å². The lowest BCUT2D eigenvalue weighted by Crippen LogP contribution is -2.54. The Bertz CT molecular complexity index is 1520. The van der Waals surface area contributed by atoms with Gasteiger partial charge in [-0.05, 0) is 107 Å². The van der Waals surface area contributed by atoms with Crippen molar-refractivity contribution in [2.75, 3.05) is 38.6 Å². The Morgan fingerprint density at radius 2 is 1.64 bits per heavy atom. The van der Waals surface area contributed by atoms with Crippen LogP contribution >= 0.6 is 11.6 Å². The monoisotopic (exact) mass is 637 g/mol. The predicted octanol–water partition coefficient (Wildman–Crippen LogP) is 6.62. The van der Waals surface area contributed by atoms with Gasteiger partial charge in [-0.2, -0.15) is 0 Å². The number of hydrogen-bond acceptors (Lipinski definition) is 6. The highest BCUT2D eigenvalue weighted by molar-refractivity contribution is 7.91. The van der Waals surface area contributed by atoms with Gasteiger partial charge in [-0.15, -0.1) is 0 Å². The zero-order chi connectivity index (χ0) is 31.4. The Morgan fingerprint density at radius 1 is 0.977 bits per heavy atom. The molecule has 7 nitrogen and oxygen atoms in total. The summed E-state index contributed by atoms with van der Waals surface area (Å²) in [6.07, 6.45) is 2.60. The fourth-order valence-corrected chi connectivity index (χ4v) is 7.75. The molecule has 3 aromatic rings. The summed E-state index contributed by atoms with van der Waals surface area (Å²) in [5.41, 5.74) is 3.16. The van der Waals surface area contributed by atoms with Crippen molar-refractivity contribution in [3.63, 3.8) is 0 Å². The van der Waals surface area contributed by atoms with Gasteiger partial charge >= 0.3 is 6.09 Å². The highest BCUT2D eigenvalue weighted by Gasteiger charge is 2.43. The Balaban J connectivity index is 1.21. The first-order valence-corrected chi connectivity index (χ1v) is 17.5. The van der Waals surface area contributed by atoms with Crippen LogP contribution in [0.3, 0.4) is 0 Å². The Hall–Kier alpha value is -2.91. The molecule has 0 bridgehead atoms. The number of fused-ring (bicyclic) bond motifs is 2. The number of carbonyl (C=O) groups is 1. The topological polar surface area (TPSA) is 79.0 Å². The molecule has 3 aromatic carbocycles. The van der Waals surface area contributed by atoms with E-state index in [4.69, 9.17) is 16.3 Å². The number of halogens is 1. The molecular weight excluding hydrogens is 594 g/mol. The second-order valence-corrected chi connectivity index (χ2v) is 15.6. The van der Waals surface area contributed by atoms with Crippen molar-refractivity contribution in [1.29, 1.82) is 0 Å². The van der Waals surface area contributed by atoms with Crippen LogP contribution in [0.2, 0.25) is 5.02 Å². The minimum Gasteiger partial charge on any atom is -0.444 e. The first-order chi connectivity index (χ1) is 20.9. The lowest BCUT2D eigenvalue weighted by molar-refractivity contribution is 0.0105. The molecule has 1 atom stereocenters. The lowest BCUT2D eigenvalue weighted by atomic mass is 9.69. The zero-order valence-corrected chi connectivity index (χ0v) is 27.5. The highest BCUT2D eigenvalue weighted by atomic mass is 35.5. The predicted molar refractivity (Wildman–Crippen MR) is 176 cm³/mol. The molecule has 1 N–H and O–H groups in total. The highest BCUT2D eigenvalue weighted by Crippen LogP contribution is 2.42. The van der Waals surface area contributed by atoms with E-state index in [1.54, 1.807) is 24.3 Å². The second kappa shape index (κ2) is 13.6. The summed E-state index contributed by atoms with van der Waals surface area (Å²) in [5, 5.41) is 3.74. The number of nitrogens with one attached hydrogen (secondary N) is 1. The Labute approximate surface area is 267 Å². The molecular formula is C35H44ClN3O4S. The first-order valence-electron chi connectivity index (χ1n) is 15.5. The summed E-state index contributed by atoms with van der Waals surface area (Å²) < 4.78 is 31.5.